The molecule has 0 saturated heterocycles. The fourth-order valence-corrected chi connectivity index (χ4v) is 2.77. The molecule has 1 N–H and O–H groups in total. The third-order valence-electron chi connectivity index (χ3n) is 4.03. The predicted molar refractivity (Wildman–Crippen MR) is 115 cm³/mol. The van der Waals surface area contributed by atoms with Gasteiger partial charge in [0, 0.05) is 29.8 Å². The van der Waals surface area contributed by atoms with Crippen molar-refractivity contribution in [2.75, 3.05) is 28.2 Å². The highest BCUT2D eigenvalue weighted by atomic mass is 35.5. The van der Waals surface area contributed by atoms with Gasteiger partial charge in [-0.2, -0.15) is 0 Å². The SMILES string of the molecule is Cc1ccc(C=CC(=O)c2cc(CN(C)C)c(O)c(CN(C)C)c2)cc1.Cl. The lowest BCUT2D eigenvalue weighted by atomic mass is 9.99. The Kier molecular flexibility index (Phi) is 8.70. The van der Waals surface area contributed by atoms with Crippen molar-refractivity contribution in [3.63, 3.8) is 0 Å². The number of allylic oxidation sites excluding steroid dienone is 1. The topological polar surface area (TPSA) is 43.8 Å². The van der Waals surface area contributed by atoms with Gasteiger partial charge in [-0.25, -0.2) is 0 Å². The molecule has 0 spiro atoms. The van der Waals surface area contributed by atoms with E-state index in [1.54, 1.807) is 18.2 Å². The average Bonchev–Trinajstić information content (AvgIpc) is 2.56. The molecule has 2 rings (SSSR count). The number of nitrogens with zero attached hydrogens (tertiary/aromatic N) is 2. The van der Waals surface area contributed by atoms with Crippen LogP contribution in [-0.2, 0) is 13.1 Å². The summed E-state index contributed by atoms with van der Waals surface area (Å²) < 4.78 is 0. The fourth-order valence-electron chi connectivity index (χ4n) is 2.77. The van der Waals surface area contributed by atoms with Crippen molar-refractivity contribution in [1.82, 2.24) is 9.80 Å². The van der Waals surface area contributed by atoms with Gasteiger partial charge >= 0.3 is 0 Å². The van der Waals surface area contributed by atoms with Gasteiger partial charge in [0.05, 0.1) is 0 Å². The first-order valence-electron chi connectivity index (χ1n) is 8.69. The van der Waals surface area contributed by atoms with Crippen LogP contribution in [0.2, 0.25) is 0 Å². The third-order valence-corrected chi connectivity index (χ3v) is 4.03. The van der Waals surface area contributed by atoms with Crippen molar-refractivity contribution >= 4 is 24.3 Å². The van der Waals surface area contributed by atoms with Crippen LogP contribution in [0.1, 0.15) is 32.6 Å². The molecule has 0 radical (unpaired) electrons. The average molecular weight is 389 g/mol. The van der Waals surface area contributed by atoms with E-state index in [-0.39, 0.29) is 23.9 Å². The number of rotatable bonds is 7. The van der Waals surface area contributed by atoms with E-state index >= 15 is 0 Å². The van der Waals surface area contributed by atoms with Gasteiger partial charge in [-0.3, -0.25) is 4.79 Å². The molecular formula is C22H29ClN2O2. The molecular weight excluding hydrogens is 360 g/mol. The molecule has 146 valence electrons. The minimum atomic E-state index is -0.0643. The Morgan fingerprint density at radius 2 is 1.44 bits per heavy atom. The molecule has 0 aromatic heterocycles. The summed E-state index contributed by atoms with van der Waals surface area (Å²) in [6.07, 6.45) is 3.42. The zero-order valence-electron chi connectivity index (χ0n) is 16.7. The molecule has 5 heteroatoms. The van der Waals surface area contributed by atoms with Crippen LogP contribution < -0.4 is 0 Å². The van der Waals surface area contributed by atoms with Gasteiger partial charge in [-0.1, -0.05) is 35.9 Å². The molecule has 2 aromatic carbocycles. The number of aryl methyl sites for hydroxylation is 1. The third kappa shape index (κ3) is 6.83. The smallest absolute Gasteiger partial charge is 0.185 e. The quantitative estimate of drug-likeness (QED) is 0.571. The molecule has 0 heterocycles. The zero-order chi connectivity index (χ0) is 19.3. The van der Waals surface area contributed by atoms with Crippen molar-refractivity contribution in [3.8, 4) is 5.75 Å². The van der Waals surface area contributed by atoms with Crippen LogP contribution in [0.15, 0.2) is 42.5 Å². The van der Waals surface area contributed by atoms with Crippen LogP contribution in [0, 0.1) is 6.92 Å². The Morgan fingerprint density at radius 3 is 1.89 bits per heavy atom. The molecule has 0 unspecified atom stereocenters. The maximum Gasteiger partial charge on any atom is 0.185 e. The van der Waals surface area contributed by atoms with Gasteiger partial charge in [-0.05, 0) is 58.9 Å². The fraction of sp³-hybridized carbons (Fsp3) is 0.318. The highest BCUT2D eigenvalue weighted by Crippen LogP contribution is 2.27. The summed E-state index contributed by atoms with van der Waals surface area (Å²) in [5.74, 6) is 0.206. The number of benzene rings is 2. The first-order valence-corrected chi connectivity index (χ1v) is 8.69. The number of carbonyl (C=O) groups excluding carboxylic acids is 1. The predicted octanol–water partition coefficient (Wildman–Crippen LogP) is 4.14. The van der Waals surface area contributed by atoms with Crippen molar-refractivity contribution in [2.45, 2.75) is 20.0 Å². The van der Waals surface area contributed by atoms with Crippen LogP contribution in [0.5, 0.6) is 5.75 Å². The van der Waals surface area contributed by atoms with Gasteiger partial charge in [-0.15, -0.1) is 12.4 Å². The summed E-state index contributed by atoms with van der Waals surface area (Å²) in [5.41, 5.74) is 4.31. The number of hydrogen-bond acceptors (Lipinski definition) is 4. The number of aromatic hydroxyl groups is 1. The normalized spacial score (nSPS) is 11.2. The Bertz CT molecular complexity index is 765. The summed E-state index contributed by atoms with van der Waals surface area (Å²) >= 11 is 0. The molecule has 0 amide bonds. The van der Waals surface area contributed by atoms with Crippen LogP contribution in [0.3, 0.4) is 0 Å². The van der Waals surface area contributed by atoms with Gasteiger partial charge in [0.2, 0.25) is 0 Å². The number of hydrogen-bond donors (Lipinski definition) is 1. The van der Waals surface area contributed by atoms with Crippen LogP contribution >= 0.6 is 12.4 Å². The monoisotopic (exact) mass is 388 g/mol. The maximum absolute atomic E-state index is 12.7. The van der Waals surface area contributed by atoms with E-state index in [9.17, 15) is 9.90 Å². The molecule has 0 aliphatic carbocycles. The van der Waals surface area contributed by atoms with Gasteiger partial charge in [0.25, 0.3) is 0 Å². The number of phenolic OH excluding ortho intramolecular Hbond substituents is 1. The second-order valence-corrected chi connectivity index (χ2v) is 7.23. The van der Waals surface area contributed by atoms with E-state index in [1.165, 1.54) is 5.56 Å². The lowest BCUT2D eigenvalue weighted by Crippen LogP contribution is -2.15. The van der Waals surface area contributed by atoms with E-state index in [1.807, 2.05) is 75.3 Å². The first kappa shape index (κ1) is 22.9. The van der Waals surface area contributed by atoms with E-state index in [0.717, 1.165) is 16.7 Å². The molecule has 0 atom stereocenters. The Balaban J connectivity index is 0.00000364. The molecule has 0 aliphatic rings. The number of phenols is 1. The number of carbonyl (C=O) groups is 1. The number of halogens is 1. The molecule has 0 fully saturated rings. The standard InChI is InChI=1S/C22H28N2O2.ClH/c1-16-6-8-17(9-7-16)10-11-21(25)18-12-19(14-23(2)3)22(26)20(13-18)15-24(4)5;/h6-13,26H,14-15H2,1-5H3;1H. The number of ketones is 1. The van der Waals surface area contributed by atoms with E-state index in [4.69, 9.17) is 0 Å². The van der Waals surface area contributed by atoms with E-state index < -0.39 is 0 Å². The van der Waals surface area contributed by atoms with Gasteiger partial charge in [0.1, 0.15) is 5.75 Å². The summed E-state index contributed by atoms with van der Waals surface area (Å²) in [4.78, 5) is 16.6. The minimum absolute atomic E-state index is 0. The lowest BCUT2D eigenvalue weighted by molar-refractivity contribution is 0.104. The Morgan fingerprint density at radius 1 is 0.963 bits per heavy atom. The van der Waals surface area contributed by atoms with Crippen LogP contribution in [0.4, 0.5) is 0 Å². The molecule has 2 aromatic rings. The first-order chi connectivity index (χ1) is 12.3. The van der Waals surface area contributed by atoms with Gasteiger partial charge < -0.3 is 14.9 Å². The summed E-state index contributed by atoms with van der Waals surface area (Å²) in [7, 11) is 7.77. The van der Waals surface area contributed by atoms with E-state index in [0.29, 0.717) is 18.7 Å². The van der Waals surface area contributed by atoms with Gasteiger partial charge in [0.15, 0.2) is 5.78 Å². The van der Waals surface area contributed by atoms with Crippen molar-refractivity contribution in [2.24, 2.45) is 0 Å². The summed E-state index contributed by atoms with van der Waals surface area (Å²) in [5, 5.41) is 10.5. The summed E-state index contributed by atoms with van der Waals surface area (Å²) in [6.45, 7) is 3.19. The Hall–Kier alpha value is -2.14. The van der Waals surface area contributed by atoms with Crippen LogP contribution in [-0.4, -0.2) is 48.9 Å². The molecule has 4 nitrogen and oxygen atoms in total. The molecule has 0 saturated carbocycles. The lowest BCUT2D eigenvalue weighted by Gasteiger charge is -2.17. The highest BCUT2D eigenvalue weighted by Gasteiger charge is 2.14. The van der Waals surface area contributed by atoms with Crippen LogP contribution in [0.25, 0.3) is 6.08 Å². The summed E-state index contributed by atoms with van der Waals surface area (Å²) in [6, 6.07) is 11.6. The van der Waals surface area contributed by atoms with Crippen molar-refractivity contribution in [3.05, 3.63) is 70.3 Å². The van der Waals surface area contributed by atoms with E-state index in [2.05, 4.69) is 0 Å². The molecule has 0 aliphatic heterocycles. The highest BCUT2D eigenvalue weighted by molar-refractivity contribution is 6.07. The largest absolute Gasteiger partial charge is 0.507 e. The zero-order valence-corrected chi connectivity index (χ0v) is 17.5. The second kappa shape index (κ2) is 10.3. The Labute approximate surface area is 168 Å². The van der Waals surface area contributed by atoms with Crippen molar-refractivity contribution in [1.29, 1.82) is 0 Å². The molecule has 0 bridgehead atoms. The second-order valence-electron chi connectivity index (χ2n) is 7.23. The molecule has 27 heavy (non-hydrogen) atoms. The van der Waals surface area contributed by atoms with Crippen molar-refractivity contribution < 1.29 is 9.90 Å². The minimum Gasteiger partial charge on any atom is -0.507 e. The maximum atomic E-state index is 12.7.